The van der Waals surface area contributed by atoms with Crippen molar-refractivity contribution >= 4 is 51.3 Å². The minimum Gasteiger partial charge on any atom is -0.479 e. The number of aliphatic carboxylic acids is 1. The van der Waals surface area contributed by atoms with Gasteiger partial charge >= 0.3 is 5.97 Å². The molecule has 2 atom stereocenters. The maximum atomic E-state index is 12.8. The quantitative estimate of drug-likeness (QED) is 0.270. The molecular weight excluding hydrogens is 408 g/mol. The van der Waals surface area contributed by atoms with Crippen molar-refractivity contribution < 1.29 is 24.3 Å². The number of carbonyl (C=O) groups excluding carboxylic acids is 2. The first kappa shape index (κ1) is 19.7. The molecule has 1 aliphatic heterocycles. The summed E-state index contributed by atoms with van der Waals surface area (Å²) in [7, 11) is 0. The lowest BCUT2D eigenvalue weighted by Gasteiger charge is -2.45. The first-order valence-corrected chi connectivity index (χ1v) is 9.65. The number of nitrogen functional groups attached to an aromatic ring is 1. The van der Waals surface area contributed by atoms with Crippen molar-refractivity contribution in [1.29, 1.82) is 0 Å². The maximum Gasteiger partial charge on any atom is 0.344 e. The number of rotatable bonds is 7. The molecule has 3 rings (SSSR count). The first-order valence-electron chi connectivity index (χ1n) is 7.89. The van der Waals surface area contributed by atoms with Crippen LogP contribution in [0.25, 0.3) is 0 Å². The topological polar surface area (TPSA) is 169 Å². The SMILES string of the molecule is Cc1nc([C@@]2(C)NC(=O)[C@H]2NC(=O)/C(=N/OCC(=O)O)c2csc(N)n2)cs1. The van der Waals surface area contributed by atoms with Crippen LogP contribution in [0.1, 0.15) is 23.3 Å². The molecule has 0 aliphatic carbocycles. The lowest BCUT2D eigenvalue weighted by Crippen LogP contribution is -2.75. The summed E-state index contributed by atoms with van der Waals surface area (Å²) < 4.78 is 0. The largest absolute Gasteiger partial charge is 0.479 e. The van der Waals surface area contributed by atoms with Gasteiger partial charge in [0.1, 0.15) is 17.3 Å². The zero-order valence-corrected chi connectivity index (χ0v) is 16.4. The number of aryl methyl sites for hydroxylation is 1. The molecule has 11 nitrogen and oxygen atoms in total. The van der Waals surface area contributed by atoms with E-state index in [-0.39, 0.29) is 22.4 Å². The molecule has 13 heteroatoms. The smallest absolute Gasteiger partial charge is 0.344 e. The minimum atomic E-state index is -1.26. The van der Waals surface area contributed by atoms with Crippen LogP contribution < -0.4 is 16.4 Å². The lowest BCUT2D eigenvalue weighted by atomic mass is 9.80. The number of nitrogens with one attached hydrogen (secondary N) is 2. The number of carboxylic acids is 1. The fourth-order valence-corrected chi connectivity index (χ4v) is 3.84. The number of carbonyl (C=O) groups is 3. The highest BCUT2D eigenvalue weighted by Crippen LogP contribution is 2.32. The number of oxime groups is 1. The van der Waals surface area contributed by atoms with Gasteiger partial charge in [-0.15, -0.1) is 22.7 Å². The van der Waals surface area contributed by atoms with E-state index in [2.05, 4.69) is 30.6 Å². The highest BCUT2D eigenvalue weighted by Gasteiger charge is 2.53. The van der Waals surface area contributed by atoms with Gasteiger partial charge in [-0.25, -0.2) is 14.8 Å². The van der Waals surface area contributed by atoms with Crippen molar-refractivity contribution in [2.24, 2.45) is 5.16 Å². The molecule has 0 spiro atoms. The maximum absolute atomic E-state index is 12.8. The zero-order chi connectivity index (χ0) is 20.5. The van der Waals surface area contributed by atoms with Gasteiger partial charge in [0.2, 0.25) is 12.5 Å². The molecule has 0 aromatic carbocycles. The number of nitrogens with zero attached hydrogens (tertiary/aromatic N) is 3. The molecular formula is C15H16N6O5S2. The molecule has 2 amide bonds. The number of amides is 2. The van der Waals surface area contributed by atoms with Gasteiger partial charge in [0, 0.05) is 10.8 Å². The standard InChI is InChI=1S/C15H16N6O5S2/c1-6-17-8(5-27-6)15(2)11(13(25)20-15)19-12(24)10(21-26-3-9(22)23)7-4-28-14(16)18-7/h4-5,11H,3H2,1-2H3,(H2,16,18)(H,19,24)(H,20,25)(H,22,23)/b21-10+/t11-,15-/m1/s1. The van der Waals surface area contributed by atoms with Crippen LogP contribution in [0, 0.1) is 6.92 Å². The summed E-state index contributed by atoms with van der Waals surface area (Å²) in [5.74, 6) is -2.40. The summed E-state index contributed by atoms with van der Waals surface area (Å²) in [4.78, 5) is 48.5. The molecule has 5 N–H and O–H groups in total. The Kier molecular flexibility index (Phi) is 5.29. The first-order chi connectivity index (χ1) is 13.2. The van der Waals surface area contributed by atoms with Crippen molar-refractivity contribution in [2.45, 2.75) is 25.4 Å². The Labute approximate surface area is 166 Å². The number of β-lactam (4-membered cyclic amide) rings is 1. The van der Waals surface area contributed by atoms with Gasteiger partial charge in [-0.2, -0.15) is 0 Å². The van der Waals surface area contributed by atoms with Crippen molar-refractivity contribution in [2.75, 3.05) is 12.3 Å². The van der Waals surface area contributed by atoms with Crippen LogP contribution >= 0.6 is 22.7 Å². The second-order valence-corrected chi connectivity index (χ2v) is 7.98. The number of nitrogens with two attached hydrogens (primary N) is 1. The van der Waals surface area contributed by atoms with Gasteiger partial charge in [-0.05, 0) is 13.8 Å². The Morgan fingerprint density at radius 2 is 2.18 bits per heavy atom. The molecule has 148 valence electrons. The number of hydrogen-bond acceptors (Lipinski definition) is 10. The van der Waals surface area contributed by atoms with Crippen LogP contribution in [0.15, 0.2) is 15.9 Å². The number of hydrogen-bond donors (Lipinski definition) is 4. The van der Waals surface area contributed by atoms with E-state index in [9.17, 15) is 14.4 Å². The van der Waals surface area contributed by atoms with Crippen LogP contribution in [0.4, 0.5) is 5.13 Å². The van der Waals surface area contributed by atoms with Gasteiger partial charge in [0.25, 0.3) is 5.91 Å². The summed E-state index contributed by atoms with van der Waals surface area (Å²) in [5, 5.41) is 21.9. The lowest BCUT2D eigenvalue weighted by molar-refractivity contribution is -0.142. The van der Waals surface area contributed by atoms with E-state index in [1.165, 1.54) is 16.7 Å². The molecule has 1 saturated heterocycles. The summed E-state index contributed by atoms with van der Waals surface area (Å²) >= 11 is 2.50. The number of anilines is 1. The van der Waals surface area contributed by atoms with E-state index in [1.54, 1.807) is 12.3 Å². The number of carboxylic acid groups (broad SMARTS) is 1. The van der Waals surface area contributed by atoms with E-state index < -0.39 is 30.1 Å². The van der Waals surface area contributed by atoms with Crippen molar-refractivity contribution in [3.63, 3.8) is 0 Å². The third-order valence-corrected chi connectivity index (χ3v) is 5.42. The third-order valence-electron chi connectivity index (χ3n) is 3.97. The summed E-state index contributed by atoms with van der Waals surface area (Å²) in [6, 6.07) is -0.901. The summed E-state index contributed by atoms with van der Waals surface area (Å²) in [6.07, 6.45) is 0. The molecule has 3 heterocycles. The van der Waals surface area contributed by atoms with Gasteiger partial charge in [-0.3, -0.25) is 9.59 Å². The van der Waals surface area contributed by atoms with E-state index in [1.807, 2.05) is 6.92 Å². The van der Waals surface area contributed by atoms with E-state index in [4.69, 9.17) is 10.8 Å². The second kappa shape index (κ2) is 7.52. The van der Waals surface area contributed by atoms with E-state index in [0.29, 0.717) is 5.69 Å². The second-order valence-electron chi connectivity index (χ2n) is 6.03. The van der Waals surface area contributed by atoms with Crippen LogP contribution in [0.2, 0.25) is 0 Å². The molecule has 0 radical (unpaired) electrons. The molecule has 1 fully saturated rings. The Bertz CT molecular complexity index is 970. The summed E-state index contributed by atoms with van der Waals surface area (Å²) in [6.45, 7) is 2.84. The highest BCUT2D eigenvalue weighted by atomic mass is 32.1. The van der Waals surface area contributed by atoms with Crippen LogP contribution in [0.5, 0.6) is 0 Å². The molecule has 0 unspecified atom stereocenters. The summed E-state index contributed by atoms with van der Waals surface area (Å²) in [5.41, 5.74) is 5.15. The van der Waals surface area contributed by atoms with E-state index >= 15 is 0 Å². The predicted molar refractivity (Wildman–Crippen MR) is 101 cm³/mol. The monoisotopic (exact) mass is 424 g/mol. The van der Waals surface area contributed by atoms with E-state index in [0.717, 1.165) is 16.3 Å². The average molecular weight is 424 g/mol. The Hall–Kier alpha value is -3.06. The van der Waals surface area contributed by atoms with Gasteiger partial charge in [0.15, 0.2) is 10.8 Å². The molecule has 2 aromatic heterocycles. The van der Waals surface area contributed by atoms with Crippen molar-refractivity contribution in [3.05, 3.63) is 27.2 Å². The van der Waals surface area contributed by atoms with Crippen LogP contribution in [0.3, 0.4) is 0 Å². The Morgan fingerprint density at radius 1 is 1.43 bits per heavy atom. The molecule has 28 heavy (non-hydrogen) atoms. The zero-order valence-electron chi connectivity index (χ0n) is 14.8. The predicted octanol–water partition coefficient (Wildman–Crippen LogP) is -0.174. The molecule has 0 saturated carbocycles. The number of thiazole rings is 2. The van der Waals surface area contributed by atoms with Gasteiger partial charge in [-0.1, -0.05) is 5.16 Å². The average Bonchev–Trinajstić information content (AvgIpc) is 3.24. The molecule has 1 aliphatic rings. The van der Waals surface area contributed by atoms with Crippen LogP contribution in [-0.4, -0.2) is 51.2 Å². The highest BCUT2D eigenvalue weighted by molar-refractivity contribution is 7.13. The third kappa shape index (κ3) is 3.80. The minimum absolute atomic E-state index is 0.108. The Morgan fingerprint density at radius 3 is 2.71 bits per heavy atom. The van der Waals surface area contributed by atoms with Gasteiger partial charge in [0.05, 0.1) is 10.7 Å². The van der Waals surface area contributed by atoms with Crippen molar-refractivity contribution in [1.82, 2.24) is 20.6 Å². The Balaban J connectivity index is 1.82. The number of aromatic nitrogens is 2. The van der Waals surface area contributed by atoms with Crippen LogP contribution in [-0.2, 0) is 24.8 Å². The van der Waals surface area contributed by atoms with Gasteiger partial charge < -0.3 is 26.3 Å². The fourth-order valence-electron chi connectivity index (χ4n) is 2.56. The van der Waals surface area contributed by atoms with Crippen molar-refractivity contribution in [3.8, 4) is 0 Å². The fraction of sp³-hybridized carbons (Fsp3) is 0.333. The molecule has 0 bridgehead atoms. The normalized spacial score (nSPS) is 21.6. The molecule has 2 aromatic rings.